The molecule has 1 amide bonds. The summed E-state index contributed by atoms with van der Waals surface area (Å²) in [5.74, 6) is 0.596. The molecule has 0 aliphatic carbocycles. The molecule has 0 aliphatic rings. The van der Waals surface area contributed by atoms with Gasteiger partial charge < -0.3 is 16.0 Å². The molecule has 2 rings (SSSR count). The number of nitrogens with zero attached hydrogens (tertiary/aromatic N) is 2. The molecule has 1 aromatic heterocycles. The van der Waals surface area contributed by atoms with Crippen LogP contribution in [0.25, 0.3) is 10.9 Å². The number of thiocarbonyl (C=S) groups is 1. The first-order valence-corrected chi connectivity index (χ1v) is 7.11. The van der Waals surface area contributed by atoms with Crippen LogP contribution in [0.3, 0.4) is 0 Å². The molecule has 110 valence electrons. The van der Waals surface area contributed by atoms with Crippen molar-refractivity contribution in [2.75, 3.05) is 25.5 Å². The van der Waals surface area contributed by atoms with Crippen LogP contribution in [0.1, 0.15) is 12.5 Å². The van der Waals surface area contributed by atoms with Gasteiger partial charge in [-0.1, -0.05) is 30.4 Å². The Morgan fingerprint density at radius 3 is 2.81 bits per heavy atom. The Labute approximate surface area is 129 Å². The number of carbonyl (C=O) groups is 1. The number of hydrogen-bond acceptors (Lipinski definition) is 4. The van der Waals surface area contributed by atoms with Crippen LogP contribution in [-0.4, -0.2) is 40.9 Å². The van der Waals surface area contributed by atoms with E-state index in [1.54, 1.807) is 18.0 Å². The highest BCUT2D eigenvalue weighted by Gasteiger charge is 2.10. The highest BCUT2D eigenvalue weighted by atomic mass is 32.1. The summed E-state index contributed by atoms with van der Waals surface area (Å²) in [6, 6.07) is 9.42. The fourth-order valence-electron chi connectivity index (χ4n) is 1.95. The molecule has 0 unspecified atom stereocenters. The Hall–Kier alpha value is -2.21. The second-order valence-electron chi connectivity index (χ2n) is 4.70. The molecular weight excluding hydrogens is 284 g/mol. The molecule has 6 heteroatoms. The molecule has 3 N–H and O–H groups in total. The van der Waals surface area contributed by atoms with E-state index < -0.39 is 0 Å². The third kappa shape index (κ3) is 3.46. The summed E-state index contributed by atoms with van der Waals surface area (Å²) in [6.07, 6.45) is 0. The van der Waals surface area contributed by atoms with Crippen molar-refractivity contribution >= 4 is 39.8 Å². The first-order chi connectivity index (χ1) is 10.0. The Balaban J connectivity index is 2.29. The van der Waals surface area contributed by atoms with E-state index in [1.165, 1.54) is 0 Å². The van der Waals surface area contributed by atoms with Crippen molar-refractivity contribution < 1.29 is 4.79 Å². The maximum atomic E-state index is 11.8. The summed E-state index contributed by atoms with van der Waals surface area (Å²) in [5, 5.41) is 3.94. The van der Waals surface area contributed by atoms with Crippen LogP contribution < -0.4 is 11.1 Å². The number of aromatic nitrogens is 1. The first-order valence-electron chi connectivity index (χ1n) is 6.70. The van der Waals surface area contributed by atoms with E-state index in [4.69, 9.17) is 18.0 Å². The zero-order valence-electron chi connectivity index (χ0n) is 12.1. The summed E-state index contributed by atoms with van der Waals surface area (Å²) < 4.78 is 0. The Bertz CT molecular complexity index is 686. The van der Waals surface area contributed by atoms with Gasteiger partial charge in [0.25, 0.3) is 0 Å². The lowest BCUT2D eigenvalue weighted by atomic mass is 10.1. The molecule has 2 aromatic rings. The average Bonchev–Trinajstić information content (AvgIpc) is 2.50. The number of hydrogen-bond donors (Lipinski definition) is 2. The molecular formula is C15H18N4OS. The first kappa shape index (κ1) is 15.2. The van der Waals surface area contributed by atoms with Crippen LogP contribution >= 0.6 is 12.2 Å². The predicted octanol–water partition coefficient (Wildman–Crippen LogP) is 1.76. The molecule has 0 radical (unpaired) electrons. The maximum Gasteiger partial charge on any atom is 0.241 e. The lowest BCUT2D eigenvalue weighted by Gasteiger charge is -2.15. The fraction of sp³-hybridized carbons (Fsp3) is 0.267. The van der Waals surface area contributed by atoms with Crippen molar-refractivity contribution in [3.63, 3.8) is 0 Å². The molecule has 0 spiro atoms. The highest BCUT2D eigenvalue weighted by molar-refractivity contribution is 7.80. The van der Waals surface area contributed by atoms with Gasteiger partial charge in [0.2, 0.25) is 5.91 Å². The third-order valence-electron chi connectivity index (χ3n) is 3.30. The van der Waals surface area contributed by atoms with E-state index in [0.717, 1.165) is 16.5 Å². The van der Waals surface area contributed by atoms with E-state index in [0.29, 0.717) is 17.4 Å². The minimum absolute atomic E-state index is 0.00401. The van der Waals surface area contributed by atoms with Crippen LogP contribution in [-0.2, 0) is 4.79 Å². The second-order valence-corrected chi connectivity index (χ2v) is 5.14. The zero-order chi connectivity index (χ0) is 15.4. The Morgan fingerprint density at radius 1 is 1.43 bits per heavy atom. The number of para-hydroxylation sites is 1. The molecule has 1 heterocycles. The van der Waals surface area contributed by atoms with Gasteiger partial charge in [0.05, 0.1) is 12.1 Å². The molecule has 1 aromatic carbocycles. The van der Waals surface area contributed by atoms with Crippen molar-refractivity contribution in [2.45, 2.75) is 6.92 Å². The largest absolute Gasteiger partial charge is 0.389 e. The number of nitrogens with two attached hydrogens (primary N) is 1. The number of rotatable bonds is 5. The minimum Gasteiger partial charge on any atom is -0.389 e. The van der Waals surface area contributed by atoms with Gasteiger partial charge in [-0.25, -0.2) is 4.98 Å². The molecule has 0 aliphatic heterocycles. The minimum atomic E-state index is 0.00401. The SMILES string of the molecule is CCN(C)C(=O)CNc1cc(C(N)=S)c2ccccc2n1. The number of fused-ring (bicyclic) bond motifs is 1. The number of carbonyl (C=O) groups excluding carboxylic acids is 1. The monoisotopic (exact) mass is 302 g/mol. The number of anilines is 1. The molecule has 0 atom stereocenters. The summed E-state index contributed by atoms with van der Waals surface area (Å²) in [5.41, 5.74) is 7.33. The number of pyridine rings is 1. The smallest absolute Gasteiger partial charge is 0.241 e. The van der Waals surface area contributed by atoms with Gasteiger partial charge in [0, 0.05) is 24.5 Å². The zero-order valence-corrected chi connectivity index (χ0v) is 12.9. The molecule has 0 bridgehead atoms. The molecule has 21 heavy (non-hydrogen) atoms. The van der Waals surface area contributed by atoms with Gasteiger partial charge in [-0.2, -0.15) is 0 Å². The van der Waals surface area contributed by atoms with E-state index in [-0.39, 0.29) is 12.5 Å². The molecule has 0 fully saturated rings. The normalized spacial score (nSPS) is 10.4. The number of amides is 1. The van der Waals surface area contributed by atoms with Gasteiger partial charge in [-0.05, 0) is 19.1 Å². The van der Waals surface area contributed by atoms with E-state index in [1.807, 2.05) is 31.2 Å². The summed E-state index contributed by atoms with van der Waals surface area (Å²) >= 11 is 5.09. The standard InChI is InChI=1S/C15H18N4OS/c1-3-19(2)14(20)9-17-13-8-11(15(16)21)10-6-4-5-7-12(10)18-13/h4-8H,3,9H2,1-2H3,(H2,16,21)(H,17,18). The van der Waals surface area contributed by atoms with Gasteiger partial charge in [-0.3, -0.25) is 4.79 Å². The van der Waals surface area contributed by atoms with Crippen LogP contribution in [0, 0.1) is 0 Å². The average molecular weight is 302 g/mol. The lowest BCUT2D eigenvalue weighted by Crippen LogP contribution is -2.32. The Morgan fingerprint density at radius 2 is 2.14 bits per heavy atom. The van der Waals surface area contributed by atoms with Gasteiger partial charge in [0.1, 0.15) is 10.8 Å². The van der Waals surface area contributed by atoms with Crippen molar-refractivity contribution in [2.24, 2.45) is 5.73 Å². The van der Waals surface area contributed by atoms with E-state index in [2.05, 4.69) is 10.3 Å². The van der Waals surface area contributed by atoms with Gasteiger partial charge in [-0.15, -0.1) is 0 Å². The van der Waals surface area contributed by atoms with Crippen molar-refractivity contribution in [3.05, 3.63) is 35.9 Å². The lowest BCUT2D eigenvalue weighted by molar-refractivity contribution is -0.127. The maximum absolute atomic E-state index is 11.8. The number of likely N-dealkylation sites (N-methyl/N-ethyl adjacent to an activating group) is 1. The molecule has 0 saturated carbocycles. The molecule has 5 nitrogen and oxygen atoms in total. The topological polar surface area (TPSA) is 71.2 Å². The van der Waals surface area contributed by atoms with Gasteiger partial charge in [0.15, 0.2) is 0 Å². The summed E-state index contributed by atoms with van der Waals surface area (Å²) in [6.45, 7) is 2.79. The van der Waals surface area contributed by atoms with Gasteiger partial charge >= 0.3 is 0 Å². The Kier molecular flexibility index (Phi) is 4.70. The number of benzene rings is 1. The number of nitrogens with one attached hydrogen (secondary N) is 1. The van der Waals surface area contributed by atoms with Crippen LogP contribution in [0.2, 0.25) is 0 Å². The van der Waals surface area contributed by atoms with E-state index in [9.17, 15) is 4.79 Å². The third-order valence-corrected chi connectivity index (χ3v) is 3.52. The van der Waals surface area contributed by atoms with Crippen LogP contribution in [0.15, 0.2) is 30.3 Å². The molecule has 0 saturated heterocycles. The van der Waals surface area contributed by atoms with E-state index >= 15 is 0 Å². The van der Waals surface area contributed by atoms with Crippen LogP contribution in [0.4, 0.5) is 5.82 Å². The summed E-state index contributed by atoms with van der Waals surface area (Å²) in [4.78, 5) is 18.2. The van der Waals surface area contributed by atoms with Crippen LogP contribution in [0.5, 0.6) is 0 Å². The van der Waals surface area contributed by atoms with Crippen molar-refractivity contribution in [1.82, 2.24) is 9.88 Å². The second kappa shape index (κ2) is 6.49. The fourth-order valence-corrected chi connectivity index (χ4v) is 2.12. The van der Waals surface area contributed by atoms with Crippen molar-refractivity contribution in [3.8, 4) is 0 Å². The highest BCUT2D eigenvalue weighted by Crippen LogP contribution is 2.20. The predicted molar refractivity (Wildman–Crippen MR) is 89.4 cm³/mol. The quantitative estimate of drug-likeness (QED) is 0.824. The summed E-state index contributed by atoms with van der Waals surface area (Å²) in [7, 11) is 1.76. The van der Waals surface area contributed by atoms with Crippen molar-refractivity contribution in [1.29, 1.82) is 0 Å².